The van der Waals surface area contributed by atoms with Crippen molar-refractivity contribution in [3.05, 3.63) is 81.4 Å². The summed E-state index contributed by atoms with van der Waals surface area (Å²) in [5.74, 6) is -2.96. The highest BCUT2D eigenvalue weighted by Gasteiger charge is 2.34. The Labute approximate surface area is 226 Å². The van der Waals surface area contributed by atoms with Crippen LogP contribution in [0.3, 0.4) is 0 Å². The number of phenolic OH excluding ortho intramolecular Hbond substituents is 4. The number of ketones is 2. The summed E-state index contributed by atoms with van der Waals surface area (Å²) in [6.07, 6.45) is 5.77. The van der Waals surface area contributed by atoms with Gasteiger partial charge in [0, 0.05) is 23.1 Å². The predicted molar refractivity (Wildman–Crippen MR) is 147 cm³/mol. The summed E-state index contributed by atoms with van der Waals surface area (Å²) in [5, 5.41) is 44.5. The fourth-order valence-electron chi connectivity index (χ4n) is 4.65. The number of allylic oxidation sites excluding steroid dienone is 1. The lowest BCUT2D eigenvalue weighted by atomic mass is 9.89. The number of Topliss-reactive ketones (excluding diaryl/α,β-unsaturated/α-hetero) is 1. The van der Waals surface area contributed by atoms with E-state index >= 15 is 0 Å². The molecule has 0 aromatic heterocycles. The van der Waals surface area contributed by atoms with Crippen molar-refractivity contribution in [1.29, 1.82) is 0 Å². The van der Waals surface area contributed by atoms with Gasteiger partial charge in [-0.15, -0.1) is 0 Å². The Morgan fingerprint density at radius 2 is 1.56 bits per heavy atom. The van der Waals surface area contributed by atoms with E-state index in [4.69, 9.17) is 9.47 Å². The molecular weight excluding hydrogens is 500 g/mol. The number of ether oxygens (including phenoxy) is 2. The van der Waals surface area contributed by atoms with Gasteiger partial charge in [-0.2, -0.15) is 0 Å². The highest BCUT2D eigenvalue weighted by molar-refractivity contribution is 6.12. The molecule has 4 N–H and O–H groups in total. The van der Waals surface area contributed by atoms with Crippen LogP contribution in [0.25, 0.3) is 12.2 Å². The lowest BCUT2D eigenvalue weighted by Crippen LogP contribution is -2.28. The van der Waals surface area contributed by atoms with Gasteiger partial charge in [-0.25, -0.2) is 0 Å². The van der Waals surface area contributed by atoms with E-state index in [2.05, 4.69) is 0 Å². The average molecular weight is 531 g/mol. The molecule has 0 fully saturated rings. The first-order valence-electron chi connectivity index (χ1n) is 12.3. The number of aromatic hydroxyl groups is 4. The molecule has 0 aliphatic carbocycles. The highest BCUT2D eigenvalue weighted by Crippen LogP contribution is 2.50. The Hall–Kier alpha value is -4.72. The Morgan fingerprint density at radius 3 is 2.18 bits per heavy atom. The van der Waals surface area contributed by atoms with Gasteiger partial charge in [0.05, 0.1) is 12.7 Å². The highest BCUT2D eigenvalue weighted by atomic mass is 16.5. The van der Waals surface area contributed by atoms with Gasteiger partial charge in [0.25, 0.3) is 0 Å². The number of methoxy groups -OCH3 is 1. The molecule has 0 spiro atoms. The molecule has 1 aliphatic rings. The molecule has 0 atom stereocenters. The first-order valence-corrected chi connectivity index (χ1v) is 12.3. The van der Waals surface area contributed by atoms with Gasteiger partial charge < -0.3 is 29.9 Å². The van der Waals surface area contributed by atoms with Crippen LogP contribution in [0.4, 0.5) is 0 Å². The summed E-state index contributed by atoms with van der Waals surface area (Å²) < 4.78 is 11.3. The van der Waals surface area contributed by atoms with Crippen molar-refractivity contribution in [3.63, 3.8) is 0 Å². The summed E-state index contributed by atoms with van der Waals surface area (Å²) in [6.45, 7) is 6.29. The van der Waals surface area contributed by atoms with Crippen molar-refractivity contribution in [1.82, 2.24) is 0 Å². The van der Waals surface area contributed by atoms with E-state index in [0.717, 1.165) is 5.56 Å². The second kappa shape index (κ2) is 10.2. The molecule has 0 saturated carbocycles. The van der Waals surface area contributed by atoms with Crippen LogP contribution in [-0.2, 0) is 6.42 Å². The molecule has 0 bridgehead atoms. The maximum atomic E-state index is 13.5. The van der Waals surface area contributed by atoms with Crippen molar-refractivity contribution < 1.29 is 39.5 Å². The summed E-state index contributed by atoms with van der Waals surface area (Å²) in [4.78, 5) is 25.8. The molecule has 0 radical (unpaired) electrons. The first-order chi connectivity index (χ1) is 18.4. The minimum atomic E-state index is -0.828. The molecule has 3 aromatic carbocycles. The number of carbonyl (C=O) groups excluding carboxylic acids is 2. The minimum absolute atomic E-state index is 0.00717. The van der Waals surface area contributed by atoms with Gasteiger partial charge in [-0.3, -0.25) is 9.59 Å². The van der Waals surface area contributed by atoms with Gasteiger partial charge in [-0.05, 0) is 51.5 Å². The zero-order chi connectivity index (χ0) is 28.6. The van der Waals surface area contributed by atoms with Crippen LogP contribution in [0.1, 0.15) is 69.3 Å². The average Bonchev–Trinajstić information content (AvgIpc) is 2.88. The third-order valence-corrected chi connectivity index (χ3v) is 6.67. The van der Waals surface area contributed by atoms with E-state index in [1.54, 1.807) is 32.1 Å². The van der Waals surface area contributed by atoms with Crippen LogP contribution in [0.2, 0.25) is 0 Å². The normalized spacial score (nSPS) is 13.7. The van der Waals surface area contributed by atoms with Gasteiger partial charge in [0.1, 0.15) is 51.2 Å². The molecule has 1 heterocycles. The summed E-state index contributed by atoms with van der Waals surface area (Å²) >= 11 is 0. The largest absolute Gasteiger partial charge is 0.507 e. The SMILES string of the molecule is COc1c(C)c(O)c(Cc2c(O)c3c(c(C(=O)/C=C/c4ccccc4)c2O)OC(C)(C)C=C3)c(O)c1C(C)=O. The quantitative estimate of drug-likeness (QED) is 0.226. The maximum absolute atomic E-state index is 13.5. The smallest absolute Gasteiger partial charge is 0.193 e. The number of rotatable bonds is 7. The number of phenols is 4. The molecule has 4 rings (SSSR count). The second-order valence-electron chi connectivity index (χ2n) is 9.88. The third kappa shape index (κ3) is 4.93. The van der Waals surface area contributed by atoms with Gasteiger partial charge in [-0.1, -0.05) is 36.4 Å². The van der Waals surface area contributed by atoms with Gasteiger partial charge >= 0.3 is 0 Å². The molecule has 39 heavy (non-hydrogen) atoms. The summed E-state index contributed by atoms with van der Waals surface area (Å²) in [6, 6.07) is 9.12. The van der Waals surface area contributed by atoms with Crippen molar-refractivity contribution in [2.24, 2.45) is 0 Å². The Balaban J connectivity index is 1.94. The molecule has 1 aliphatic heterocycles. The zero-order valence-corrected chi connectivity index (χ0v) is 22.3. The minimum Gasteiger partial charge on any atom is -0.507 e. The molecular formula is C31H30O8. The maximum Gasteiger partial charge on any atom is 0.193 e. The Morgan fingerprint density at radius 1 is 0.949 bits per heavy atom. The van der Waals surface area contributed by atoms with E-state index < -0.39 is 40.8 Å². The number of hydrogen-bond acceptors (Lipinski definition) is 8. The van der Waals surface area contributed by atoms with Crippen molar-refractivity contribution in [2.45, 2.75) is 39.7 Å². The molecule has 0 amide bonds. The monoisotopic (exact) mass is 530 g/mol. The predicted octanol–water partition coefficient (Wildman–Crippen LogP) is 5.70. The van der Waals surface area contributed by atoms with E-state index in [0.29, 0.717) is 0 Å². The molecule has 8 nitrogen and oxygen atoms in total. The van der Waals surface area contributed by atoms with E-state index in [1.807, 2.05) is 30.3 Å². The molecule has 3 aromatic rings. The van der Waals surface area contributed by atoms with Crippen LogP contribution in [0, 0.1) is 6.92 Å². The molecule has 8 heteroatoms. The number of carbonyl (C=O) groups is 2. The Kier molecular flexibility index (Phi) is 7.15. The van der Waals surface area contributed by atoms with Crippen LogP contribution in [0.15, 0.2) is 42.5 Å². The third-order valence-electron chi connectivity index (χ3n) is 6.67. The van der Waals surface area contributed by atoms with E-state index in [9.17, 15) is 30.0 Å². The number of benzene rings is 3. The lowest BCUT2D eigenvalue weighted by molar-refractivity contribution is 0.100. The molecule has 0 saturated heterocycles. The fourth-order valence-corrected chi connectivity index (χ4v) is 4.65. The molecule has 0 unspecified atom stereocenters. The first kappa shape index (κ1) is 27.3. The molecule has 202 valence electrons. The van der Waals surface area contributed by atoms with Crippen LogP contribution < -0.4 is 9.47 Å². The van der Waals surface area contributed by atoms with Gasteiger partial charge in [0.2, 0.25) is 0 Å². The van der Waals surface area contributed by atoms with Crippen LogP contribution >= 0.6 is 0 Å². The zero-order valence-electron chi connectivity index (χ0n) is 22.3. The summed E-state index contributed by atoms with van der Waals surface area (Å²) in [5.41, 5.74) is -0.295. The van der Waals surface area contributed by atoms with Crippen molar-refractivity contribution >= 4 is 23.7 Å². The second-order valence-corrected chi connectivity index (χ2v) is 9.88. The fraction of sp³-hybridized carbons (Fsp3) is 0.226. The van der Waals surface area contributed by atoms with Crippen molar-refractivity contribution in [3.8, 4) is 34.5 Å². The standard InChI is InChI=1S/C31H30O8/c1-16-25(34)20(27(36)23(17(2)32)29(16)38-5)15-21-26(35)19-13-14-31(3,4)39-30(19)24(28(21)37)22(33)12-11-18-9-7-6-8-10-18/h6-14,34-37H,15H2,1-5H3/b12-11+. The lowest BCUT2D eigenvalue weighted by Gasteiger charge is -2.30. The topological polar surface area (TPSA) is 134 Å². The van der Waals surface area contributed by atoms with Crippen molar-refractivity contribution in [2.75, 3.05) is 7.11 Å². The number of hydrogen-bond donors (Lipinski definition) is 4. The van der Waals surface area contributed by atoms with E-state index in [-0.39, 0.29) is 50.6 Å². The Bertz CT molecular complexity index is 1550. The number of fused-ring (bicyclic) bond motifs is 1. The summed E-state index contributed by atoms with van der Waals surface area (Å²) in [7, 11) is 1.31. The van der Waals surface area contributed by atoms with Crippen LogP contribution in [0.5, 0.6) is 34.5 Å². The van der Waals surface area contributed by atoms with Gasteiger partial charge in [0.15, 0.2) is 11.6 Å². The van der Waals surface area contributed by atoms with E-state index in [1.165, 1.54) is 27.0 Å². The van der Waals surface area contributed by atoms with Crippen LogP contribution in [-0.4, -0.2) is 44.7 Å².